The van der Waals surface area contributed by atoms with Crippen molar-refractivity contribution in [3.8, 4) is 12.3 Å². The molecule has 0 aliphatic rings. The van der Waals surface area contributed by atoms with Crippen molar-refractivity contribution in [2.75, 3.05) is 0 Å². The van der Waals surface area contributed by atoms with Crippen molar-refractivity contribution in [1.82, 2.24) is 15.4 Å². The molecule has 4 heteroatoms. The Balaban J connectivity index is 2.92. The molecular weight excluding hydrogens is 164 g/mol. The summed E-state index contributed by atoms with van der Waals surface area (Å²) in [6, 6.07) is -0.0637. The molecule has 1 rings (SSSR count). The molecule has 3 N–H and O–H groups in total. The molecule has 0 spiro atoms. The SMILES string of the molecule is C#CCC(NN)c1cncnc1C. The molecule has 4 nitrogen and oxygen atoms in total. The lowest BCUT2D eigenvalue weighted by Gasteiger charge is -2.13. The Morgan fingerprint density at radius 3 is 3.08 bits per heavy atom. The summed E-state index contributed by atoms with van der Waals surface area (Å²) in [6.45, 7) is 1.90. The zero-order valence-corrected chi connectivity index (χ0v) is 7.49. The van der Waals surface area contributed by atoms with Crippen molar-refractivity contribution < 1.29 is 0 Å². The van der Waals surface area contributed by atoms with Crippen LogP contribution in [0.15, 0.2) is 12.5 Å². The average Bonchev–Trinajstić information content (AvgIpc) is 2.16. The van der Waals surface area contributed by atoms with Crippen LogP contribution in [0.25, 0.3) is 0 Å². The van der Waals surface area contributed by atoms with Gasteiger partial charge in [0.15, 0.2) is 0 Å². The number of nitrogens with zero attached hydrogens (tertiary/aromatic N) is 2. The summed E-state index contributed by atoms with van der Waals surface area (Å²) in [7, 11) is 0. The standard InChI is InChI=1S/C9H12N4/c1-3-4-9(13-10)8-5-11-6-12-7(8)2/h1,5-6,9,13H,4,10H2,2H3. The number of hydrazine groups is 1. The number of nitrogens with two attached hydrogens (primary N) is 1. The monoisotopic (exact) mass is 176 g/mol. The van der Waals surface area contributed by atoms with E-state index in [2.05, 4.69) is 21.3 Å². The van der Waals surface area contributed by atoms with Crippen LogP contribution in [0.2, 0.25) is 0 Å². The first-order valence-electron chi connectivity index (χ1n) is 3.95. The van der Waals surface area contributed by atoms with Gasteiger partial charge in [-0.2, -0.15) is 0 Å². The summed E-state index contributed by atoms with van der Waals surface area (Å²) in [5.41, 5.74) is 4.48. The molecule has 0 saturated carbocycles. The molecule has 0 aliphatic carbocycles. The number of aryl methyl sites for hydroxylation is 1. The van der Waals surface area contributed by atoms with Gasteiger partial charge >= 0.3 is 0 Å². The van der Waals surface area contributed by atoms with E-state index in [1.54, 1.807) is 6.20 Å². The minimum Gasteiger partial charge on any atom is -0.271 e. The highest BCUT2D eigenvalue weighted by molar-refractivity contribution is 5.20. The van der Waals surface area contributed by atoms with Crippen LogP contribution in [0.5, 0.6) is 0 Å². The second-order valence-electron chi connectivity index (χ2n) is 2.69. The summed E-state index contributed by atoms with van der Waals surface area (Å²) >= 11 is 0. The first-order chi connectivity index (χ1) is 6.29. The van der Waals surface area contributed by atoms with Crippen LogP contribution in [0.3, 0.4) is 0 Å². The molecule has 1 heterocycles. The lowest BCUT2D eigenvalue weighted by molar-refractivity contribution is 0.560. The lowest BCUT2D eigenvalue weighted by atomic mass is 10.1. The molecule has 1 aromatic rings. The zero-order chi connectivity index (χ0) is 9.68. The number of rotatable bonds is 3. The fraction of sp³-hybridized carbons (Fsp3) is 0.333. The van der Waals surface area contributed by atoms with E-state index in [1.807, 2.05) is 6.92 Å². The van der Waals surface area contributed by atoms with E-state index in [-0.39, 0.29) is 6.04 Å². The molecule has 1 atom stereocenters. The van der Waals surface area contributed by atoms with Crippen LogP contribution in [0.4, 0.5) is 0 Å². The molecule has 0 bridgehead atoms. The van der Waals surface area contributed by atoms with Gasteiger partial charge in [-0.15, -0.1) is 12.3 Å². The van der Waals surface area contributed by atoms with Crippen molar-refractivity contribution in [3.05, 3.63) is 23.8 Å². The largest absolute Gasteiger partial charge is 0.271 e. The van der Waals surface area contributed by atoms with Crippen LogP contribution in [-0.2, 0) is 0 Å². The minimum atomic E-state index is -0.0637. The molecule has 0 aliphatic heterocycles. The van der Waals surface area contributed by atoms with E-state index in [1.165, 1.54) is 6.33 Å². The summed E-state index contributed by atoms with van der Waals surface area (Å²) in [6.07, 6.45) is 8.97. The molecule has 0 saturated heterocycles. The summed E-state index contributed by atoms with van der Waals surface area (Å²) < 4.78 is 0. The Kier molecular flexibility index (Phi) is 3.38. The number of hydrogen-bond donors (Lipinski definition) is 2. The Hall–Kier alpha value is -1.44. The van der Waals surface area contributed by atoms with Crippen molar-refractivity contribution >= 4 is 0 Å². The first kappa shape index (κ1) is 9.65. The maximum Gasteiger partial charge on any atom is 0.115 e. The fourth-order valence-corrected chi connectivity index (χ4v) is 1.12. The van der Waals surface area contributed by atoms with E-state index < -0.39 is 0 Å². The minimum absolute atomic E-state index is 0.0637. The maximum atomic E-state index is 5.36. The molecule has 68 valence electrons. The normalized spacial score (nSPS) is 12.1. The van der Waals surface area contributed by atoms with Crippen LogP contribution in [-0.4, -0.2) is 9.97 Å². The number of aromatic nitrogens is 2. The molecule has 13 heavy (non-hydrogen) atoms. The quantitative estimate of drug-likeness (QED) is 0.395. The topological polar surface area (TPSA) is 63.8 Å². The third-order valence-corrected chi connectivity index (χ3v) is 1.85. The van der Waals surface area contributed by atoms with E-state index >= 15 is 0 Å². The van der Waals surface area contributed by atoms with Crippen molar-refractivity contribution in [3.63, 3.8) is 0 Å². The molecule has 1 aromatic heterocycles. The zero-order valence-electron chi connectivity index (χ0n) is 7.49. The first-order valence-corrected chi connectivity index (χ1v) is 3.95. The molecular formula is C9H12N4. The highest BCUT2D eigenvalue weighted by Gasteiger charge is 2.11. The summed E-state index contributed by atoms with van der Waals surface area (Å²) in [5.74, 6) is 7.91. The van der Waals surface area contributed by atoms with Crippen molar-refractivity contribution in [1.29, 1.82) is 0 Å². The van der Waals surface area contributed by atoms with Gasteiger partial charge in [0.05, 0.1) is 6.04 Å². The second-order valence-corrected chi connectivity index (χ2v) is 2.69. The maximum absolute atomic E-state index is 5.36. The number of nitrogens with one attached hydrogen (secondary N) is 1. The Morgan fingerprint density at radius 1 is 1.77 bits per heavy atom. The van der Waals surface area contributed by atoms with Crippen LogP contribution >= 0.6 is 0 Å². The molecule has 0 aromatic carbocycles. The van der Waals surface area contributed by atoms with Gasteiger partial charge in [0.1, 0.15) is 6.33 Å². The van der Waals surface area contributed by atoms with Gasteiger partial charge in [-0.1, -0.05) is 0 Å². The fourth-order valence-electron chi connectivity index (χ4n) is 1.12. The lowest BCUT2D eigenvalue weighted by Crippen LogP contribution is -2.28. The van der Waals surface area contributed by atoms with Crippen molar-refractivity contribution in [2.45, 2.75) is 19.4 Å². The van der Waals surface area contributed by atoms with Gasteiger partial charge in [0, 0.05) is 23.9 Å². The predicted octanol–water partition coefficient (Wildman–Crippen LogP) is 0.313. The third-order valence-electron chi connectivity index (χ3n) is 1.85. The van der Waals surface area contributed by atoms with E-state index in [4.69, 9.17) is 12.3 Å². The smallest absolute Gasteiger partial charge is 0.115 e. The average molecular weight is 176 g/mol. The van der Waals surface area contributed by atoms with Gasteiger partial charge in [-0.05, 0) is 6.92 Å². The Labute approximate surface area is 77.6 Å². The predicted molar refractivity (Wildman–Crippen MR) is 50.3 cm³/mol. The molecule has 0 amide bonds. The van der Waals surface area contributed by atoms with Gasteiger partial charge in [0.25, 0.3) is 0 Å². The summed E-state index contributed by atoms with van der Waals surface area (Å²) in [4.78, 5) is 7.98. The van der Waals surface area contributed by atoms with E-state index in [0.717, 1.165) is 11.3 Å². The Morgan fingerprint density at radius 2 is 2.54 bits per heavy atom. The highest BCUT2D eigenvalue weighted by Crippen LogP contribution is 2.16. The number of hydrogen-bond acceptors (Lipinski definition) is 4. The van der Waals surface area contributed by atoms with E-state index in [0.29, 0.717) is 6.42 Å². The van der Waals surface area contributed by atoms with Gasteiger partial charge in [-0.3, -0.25) is 11.3 Å². The van der Waals surface area contributed by atoms with E-state index in [9.17, 15) is 0 Å². The molecule has 0 fully saturated rings. The number of terminal acetylenes is 1. The van der Waals surface area contributed by atoms with Gasteiger partial charge in [0.2, 0.25) is 0 Å². The molecule has 0 radical (unpaired) electrons. The molecule has 1 unspecified atom stereocenters. The van der Waals surface area contributed by atoms with Crippen LogP contribution in [0.1, 0.15) is 23.7 Å². The Bertz CT molecular complexity index is 316. The van der Waals surface area contributed by atoms with Crippen LogP contribution < -0.4 is 11.3 Å². The van der Waals surface area contributed by atoms with Gasteiger partial charge in [-0.25, -0.2) is 9.97 Å². The second kappa shape index (κ2) is 4.55. The summed E-state index contributed by atoms with van der Waals surface area (Å²) in [5, 5.41) is 0. The van der Waals surface area contributed by atoms with Crippen LogP contribution in [0, 0.1) is 19.3 Å². The van der Waals surface area contributed by atoms with Gasteiger partial charge < -0.3 is 0 Å². The third kappa shape index (κ3) is 2.25. The van der Waals surface area contributed by atoms with Crippen molar-refractivity contribution in [2.24, 2.45) is 5.84 Å². The highest BCUT2D eigenvalue weighted by atomic mass is 15.2.